The van der Waals surface area contributed by atoms with Crippen LogP contribution in [0.15, 0.2) is 36.5 Å². The first-order valence-corrected chi connectivity index (χ1v) is 8.70. The Kier molecular flexibility index (Phi) is 5.04. The summed E-state index contributed by atoms with van der Waals surface area (Å²) in [6.07, 6.45) is 3.43. The van der Waals surface area contributed by atoms with Gasteiger partial charge in [0.2, 0.25) is 0 Å². The van der Waals surface area contributed by atoms with Gasteiger partial charge in [-0.25, -0.2) is 4.79 Å². The molecule has 0 saturated carbocycles. The highest BCUT2D eigenvalue weighted by Gasteiger charge is 2.22. The van der Waals surface area contributed by atoms with Crippen molar-refractivity contribution in [3.8, 4) is 0 Å². The number of nitrogens with one attached hydrogen (secondary N) is 1. The Bertz CT molecular complexity index is 808. The number of carboxylic acids is 1. The molecule has 0 spiro atoms. The summed E-state index contributed by atoms with van der Waals surface area (Å²) in [7, 11) is 0. The zero-order valence-electron chi connectivity index (χ0n) is 14.9. The smallest absolute Gasteiger partial charge is 0.339 e. The molecule has 2 N–H and O–H groups in total. The number of hydrogen-bond donors (Lipinski definition) is 2. The molecule has 1 aliphatic rings. The van der Waals surface area contributed by atoms with Crippen LogP contribution < -0.4 is 5.32 Å². The third-order valence-corrected chi connectivity index (χ3v) is 4.68. The predicted molar refractivity (Wildman–Crippen MR) is 101 cm³/mol. The number of hydrogen-bond acceptors (Lipinski definition) is 4. The van der Waals surface area contributed by atoms with Crippen LogP contribution in [0.1, 0.15) is 35.7 Å². The lowest BCUT2D eigenvalue weighted by Crippen LogP contribution is -2.40. The van der Waals surface area contributed by atoms with Crippen molar-refractivity contribution in [2.75, 3.05) is 25.0 Å². The molecule has 1 aromatic carbocycles. The second kappa shape index (κ2) is 7.23. The number of aromatic nitrogens is 1. The minimum absolute atomic E-state index is 0.238. The van der Waals surface area contributed by atoms with Gasteiger partial charge in [-0.3, -0.25) is 9.88 Å². The number of benzene rings is 1. The molecule has 1 saturated heterocycles. The molecule has 0 atom stereocenters. The molecule has 1 fully saturated rings. The topological polar surface area (TPSA) is 65.5 Å². The molecule has 0 bridgehead atoms. The molecule has 3 rings (SSSR count). The van der Waals surface area contributed by atoms with Crippen molar-refractivity contribution in [1.29, 1.82) is 0 Å². The molecule has 5 heteroatoms. The van der Waals surface area contributed by atoms with Gasteiger partial charge in [-0.2, -0.15) is 0 Å². The number of likely N-dealkylation sites (tertiary alicyclic amines) is 1. The number of carbonyl (C=O) groups is 1. The van der Waals surface area contributed by atoms with Crippen LogP contribution in [0.3, 0.4) is 0 Å². The summed E-state index contributed by atoms with van der Waals surface area (Å²) in [5, 5.41) is 14.0. The van der Waals surface area contributed by atoms with Crippen LogP contribution in [0.2, 0.25) is 0 Å². The minimum Gasteiger partial charge on any atom is -0.478 e. The van der Waals surface area contributed by atoms with E-state index >= 15 is 0 Å². The standard InChI is InChI=1S/C20H25N3O2/c1-13(2)12-23-8-6-15(7-9-23)22-19-16-10-14(3)4-5-18(16)21-11-17(19)20(24)25/h4-5,10-11,15H,1,6-9,12H2,2-3H3,(H,21,22)(H,24,25). The highest BCUT2D eigenvalue weighted by molar-refractivity contribution is 6.04. The zero-order chi connectivity index (χ0) is 18.0. The number of carboxylic acid groups (broad SMARTS) is 1. The summed E-state index contributed by atoms with van der Waals surface area (Å²) >= 11 is 0. The van der Waals surface area contributed by atoms with E-state index in [1.165, 1.54) is 11.8 Å². The van der Waals surface area contributed by atoms with Crippen molar-refractivity contribution < 1.29 is 9.90 Å². The van der Waals surface area contributed by atoms with Crippen LogP contribution in [-0.2, 0) is 0 Å². The van der Waals surface area contributed by atoms with Crippen molar-refractivity contribution in [3.63, 3.8) is 0 Å². The monoisotopic (exact) mass is 339 g/mol. The van der Waals surface area contributed by atoms with Gasteiger partial charge in [-0.05, 0) is 38.8 Å². The zero-order valence-corrected chi connectivity index (χ0v) is 14.9. The van der Waals surface area contributed by atoms with Crippen LogP contribution in [0.5, 0.6) is 0 Å². The Hall–Kier alpha value is -2.40. The molecule has 25 heavy (non-hydrogen) atoms. The quantitative estimate of drug-likeness (QED) is 0.813. The number of anilines is 1. The van der Waals surface area contributed by atoms with E-state index in [1.54, 1.807) is 0 Å². The number of aryl methyl sites for hydroxylation is 1. The summed E-state index contributed by atoms with van der Waals surface area (Å²) in [5.41, 5.74) is 4.02. The molecule has 1 aliphatic heterocycles. The lowest BCUT2D eigenvalue weighted by Gasteiger charge is -2.33. The van der Waals surface area contributed by atoms with Crippen LogP contribution in [-0.4, -0.2) is 46.6 Å². The molecule has 0 aliphatic carbocycles. The van der Waals surface area contributed by atoms with Crippen LogP contribution in [0.4, 0.5) is 5.69 Å². The van der Waals surface area contributed by atoms with Gasteiger partial charge in [0.25, 0.3) is 0 Å². The molecule has 0 amide bonds. The molecule has 2 aromatic rings. The SMILES string of the molecule is C=C(C)CN1CCC(Nc2c(C(=O)O)cnc3ccc(C)cc23)CC1. The normalized spacial score (nSPS) is 16.1. The molecule has 5 nitrogen and oxygen atoms in total. The Labute approximate surface area is 148 Å². The van der Waals surface area contributed by atoms with E-state index in [0.717, 1.165) is 48.9 Å². The van der Waals surface area contributed by atoms with E-state index in [4.69, 9.17) is 0 Å². The summed E-state index contributed by atoms with van der Waals surface area (Å²) < 4.78 is 0. The first-order valence-electron chi connectivity index (χ1n) is 8.70. The molecular formula is C20H25N3O2. The molecule has 1 aromatic heterocycles. The maximum Gasteiger partial charge on any atom is 0.339 e. The Balaban J connectivity index is 1.85. The van der Waals surface area contributed by atoms with Crippen molar-refractivity contribution in [3.05, 3.63) is 47.7 Å². The first kappa shape index (κ1) is 17.4. The van der Waals surface area contributed by atoms with Gasteiger partial charge in [0.1, 0.15) is 5.56 Å². The Morgan fingerprint density at radius 3 is 2.76 bits per heavy atom. The van der Waals surface area contributed by atoms with Crippen molar-refractivity contribution in [2.24, 2.45) is 0 Å². The summed E-state index contributed by atoms with van der Waals surface area (Å²) in [6, 6.07) is 6.21. The maximum atomic E-state index is 11.7. The maximum absolute atomic E-state index is 11.7. The third-order valence-electron chi connectivity index (χ3n) is 4.68. The number of aromatic carboxylic acids is 1. The average molecular weight is 339 g/mol. The summed E-state index contributed by atoms with van der Waals surface area (Å²) in [5.74, 6) is -0.946. The number of piperidine rings is 1. The summed E-state index contributed by atoms with van der Waals surface area (Å²) in [4.78, 5) is 18.4. The largest absolute Gasteiger partial charge is 0.478 e. The fraction of sp³-hybridized carbons (Fsp3) is 0.400. The fourth-order valence-corrected chi connectivity index (χ4v) is 3.45. The first-order chi connectivity index (χ1) is 11.9. The van der Waals surface area contributed by atoms with E-state index < -0.39 is 5.97 Å². The average Bonchev–Trinajstić information content (AvgIpc) is 2.56. The highest BCUT2D eigenvalue weighted by atomic mass is 16.4. The van der Waals surface area contributed by atoms with Gasteiger partial charge in [0, 0.05) is 37.3 Å². The third kappa shape index (κ3) is 3.99. The van der Waals surface area contributed by atoms with Crippen molar-refractivity contribution >= 4 is 22.6 Å². The van der Waals surface area contributed by atoms with Crippen LogP contribution in [0, 0.1) is 6.92 Å². The van der Waals surface area contributed by atoms with Gasteiger partial charge >= 0.3 is 5.97 Å². The molecule has 0 unspecified atom stereocenters. The number of fused-ring (bicyclic) bond motifs is 1. The molecule has 132 valence electrons. The highest BCUT2D eigenvalue weighted by Crippen LogP contribution is 2.29. The number of rotatable bonds is 5. The van der Waals surface area contributed by atoms with Crippen LogP contribution >= 0.6 is 0 Å². The number of pyridine rings is 1. The predicted octanol–water partition coefficient (Wildman–Crippen LogP) is 3.69. The summed E-state index contributed by atoms with van der Waals surface area (Å²) in [6.45, 7) is 11.0. The van der Waals surface area contributed by atoms with E-state index in [1.807, 2.05) is 25.1 Å². The van der Waals surface area contributed by atoms with Crippen LogP contribution in [0.25, 0.3) is 10.9 Å². The van der Waals surface area contributed by atoms with Gasteiger partial charge in [-0.15, -0.1) is 0 Å². The lowest BCUT2D eigenvalue weighted by molar-refractivity contribution is 0.0697. The number of nitrogens with zero attached hydrogens (tertiary/aromatic N) is 2. The van der Waals surface area contributed by atoms with Crippen molar-refractivity contribution in [2.45, 2.75) is 32.7 Å². The van der Waals surface area contributed by atoms with Gasteiger partial charge in [-0.1, -0.05) is 23.8 Å². The lowest BCUT2D eigenvalue weighted by atomic mass is 10.0. The van der Waals surface area contributed by atoms with E-state index in [9.17, 15) is 9.90 Å². The van der Waals surface area contributed by atoms with Gasteiger partial charge in [0.05, 0.1) is 11.2 Å². The second-order valence-electron chi connectivity index (χ2n) is 7.02. The van der Waals surface area contributed by atoms with E-state index in [2.05, 4.69) is 28.7 Å². The fourth-order valence-electron chi connectivity index (χ4n) is 3.45. The Morgan fingerprint density at radius 2 is 2.12 bits per heavy atom. The Morgan fingerprint density at radius 1 is 1.40 bits per heavy atom. The molecule has 0 radical (unpaired) electrons. The van der Waals surface area contributed by atoms with Gasteiger partial charge in [0.15, 0.2) is 0 Å². The van der Waals surface area contributed by atoms with Gasteiger partial charge < -0.3 is 10.4 Å². The van der Waals surface area contributed by atoms with E-state index in [-0.39, 0.29) is 11.6 Å². The molecule has 2 heterocycles. The van der Waals surface area contributed by atoms with E-state index in [0.29, 0.717) is 5.69 Å². The second-order valence-corrected chi connectivity index (χ2v) is 7.02. The molecular weight excluding hydrogens is 314 g/mol. The minimum atomic E-state index is -0.946. The van der Waals surface area contributed by atoms with Crippen molar-refractivity contribution in [1.82, 2.24) is 9.88 Å².